The van der Waals surface area contributed by atoms with Crippen LogP contribution in [0.1, 0.15) is 0 Å². The Morgan fingerprint density at radius 1 is 1.18 bits per heavy atom. The van der Waals surface area contributed by atoms with Crippen LogP contribution < -0.4 is 0 Å². The van der Waals surface area contributed by atoms with E-state index in [1.165, 1.54) is 0 Å². The molecule has 0 unspecified atom stereocenters. The third-order valence-electron chi connectivity index (χ3n) is 1.48. The van der Waals surface area contributed by atoms with E-state index in [2.05, 4.69) is 10.0 Å². The highest BCUT2D eigenvalue weighted by molar-refractivity contribution is 4.79. The number of hydrogen-bond acceptors (Lipinski definition) is 4. The summed E-state index contributed by atoms with van der Waals surface area (Å²) in [5, 5.41) is 29.3. The van der Waals surface area contributed by atoms with Crippen molar-refractivity contribution in [3.8, 4) is 0 Å². The Morgan fingerprint density at radius 2 is 1.64 bits per heavy atom. The van der Waals surface area contributed by atoms with Crippen molar-refractivity contribution in [1.29, 1.82) is 0 Å². The average molecular weight is 161 g/mol. The summed E-state index contributed by atoms with van der Waals surface area (Å²) in [5.74, 6) is 0. The Hall–Kier alpha value is -0.810. The maximum atomic E-state index is 8.70. The van der Waals surface area contributed by atoms with Crippen LogP contribution >= 0.6 is 0 Å². The molecule has 0 aromatic heterocycles. The second kappa shape index (κ2) is 4.92. The standard InChI is InChI=1S/C5H11N3O3/c6-8-7-1-5(2-9,3-10)4-11/h9-11H,1-4H2. The van der Waals surface area contributed by atoms with Gasteiger partial charge in [-0.15, -0.1) is 0 Å². The molecular weight excluding hydrogens is 150 g/mol. The minimum atomic E-state index is -1.08. The third kappa shape index (κ3) is 2.73. The molecule has 0 aromatic rings. The SMILES string of the molecule is [N-]=[N+]=NCC(CO)(CO)CO. The summed E-state index contributed by atoms with van der Waals surface area (Å²) in [6.07, 6.45) is 0. The van der Waals surface area contributed by atoms with Gasteiger partial charge in [0.2, 0.25) is 0 Å². The Kier molecular flexibility index (Phi) is 4.56. The van der Waals surface area contributed by atoms with E-state index in [-0.39, 0.29) is 6.54 Å². The fraction of sp³-hybridized carbons (Fsp3) is 1.00. The molecule has 0 aliphatic heterocycles. The molecule has 6 nitrogen and oxygen atoms in total. The van der Waals surface area contributed by atoms with Crippen molar-refractivity contribution in [2.75, 3.05) is 26.4 Å². The summed E-state index contributed by atoms with van der Waals surface area (Å²) in [7, 11) is 0. The average Bonchev–Trinajstić information content (AvgIpc) is 2.08. The van der Waals surface area contributed by atoms with E-state index in [1.54, 1.807) is 0 Å². The molecule has 0 aliphatic rings. The Labute approximate surface area is 63.7 Å². The number of rotatable bonds is 5. The maximum Gasteiger partial charge on any atom is 0.0532 e. The molecule has 0 rings (SSSR count). The highest BCUT2D eigenvalue weighted by atomic mass is 16.3. The first-order valence-corrected chi connectivity index (χ1v) is 3.08. The lowest BCUT2D eigenvalue weighted by Gasteiger charge is -2.24. The van der Waals surface area contributed by atoms with Gasteiger partial charge in [0, 0.05) is 16.9 Å². The van der Waals surface area contributed by atoms with E-state index in [0.717, 1.165) is 0 Å². The van der Waals surface area contributed by atoms with Gasteiger partial charge < -0.3 is 15.3 Å². The van der Waals surface area contributed by atoms with Crippen molar-refractivity contribution in [2.45, 2.75) is 0 Å². The Balaban J connectivity index is 4.15. The van der Waals surface area contributed by atoms with E-state index in [0.29, 0.717) is 0 Å². The summed E-state index contributed by atoms with van der Waals surface area (Å²) in [6.45, 7) is -1.32. The molecule has 0 aliphatic carbocycles. The largest absolute Gasteiger partial charge is 0.396 e. The molecule has 0 saturated heterocycles. The zero-order valence-electron chi connectivity index (χ0n) is 6.01. The summed E-state index contributed by atoms with van der Waals surface area (Å²) >= 11 is 0. The normalized spacial score (nSPS) is 10.8. The number of hydrogen-bond donors (Lipinski definition) is 3. The van der Waals surface area contributed by atoms with Gasteiger partial charge in [0.05, 0.1) is 19.8 Å². The Morgan fingerprint density at radius 3 is 1.91 bits per heavy atom. The van der Waals surface area contributed by atoms with Crippen molar-refractivity contribution in [2.24, 2.45) is 10.5 Å². The van der Waals surface area contributed by atoms with Crippen molar-refractivity contribution in [3.63, 3.8) is 0 Å². The molecular formula is C5H11N3O3. The Bertz CT molecular complexity index is 143. The van der Waals surface area contributed by atoms with E-state index in [9.17, 15) is 0 Å². The highest BCUT2D eigenvalue weighted by Gasteiger charge is 2.26. The first-order valence-electron chi connectivity index (χ1n) is 3.08. The molecule has 0 amide bonds. The zero-order valence-corrected chi connectivity index (χ0v) is 6.01. The lowest BCUT2D eigenvalue weighted by atomic mass is 9.92. The highest BCUT2D eigenvalue weighted by Crippen LogP contribution is 2.14. The molecule has 3 N–H and O–H groups in total. The maximum absolute atomic E-state index is 8.70. The van der Waals surface area contributed by atoms with Gasteiger partial charge in [0.15, 0.2) is 0 Å². The molecule has 0 fully saturated rings. The fourth-order valence-electron chi connectivity index (χ4n) is 0.482. The van der Waals surface area contributed by atoms with E-state index >= 15 is 0 Å². The van der Waals surface area contributed by atoms with Gasteiger partial charge in [-0.3, -0.25) is 0 Å². The predicted molar refractivity (Wildman–Crippen MR) is 37.7 cm³/mol. The number of azide groups is 1. The second-order valence-corrected chi connectivity index (χ2v) is 2.36. The fourth-order valence-corrected chi connectivity index (χ4v) is 0.482. The topological polar surface area (TPSA) is 109 Å². The quantitative estimate of drug-likeness (QED) is 0.280. The molecule has 0 atom stereocenters. The lowest BCUT2D eigenvalue weighted by Crippen LogP contribution is -2.36. The van der Waals surface area contributed by atoms with Gasteiger partial charge in [0.1, 0.15) is 0 Å². The number of nitrogens with zero attached hydrogens (tertiary/aromatic N) is 3. The third-order valence-corrected chi connectivity index (χ3v) is 1.48. The van der Waals surface area contributed by atoms with Crippen LogP contribution in [0.5, 0.6) is 0 Å². The minimum absolute atomic E-state index is 0.104. The van der Waals surface area contributed by atoms with E-state index in [4.69, 9.17) is 20.9 Å². The van der Waals surface area contributed by atoms with Crippen molar-refractivity contribution < 1.29 is 15.3 Å². The van der Waals surface area contributed by atoms with Gasteiger partial charge in [-0.05, 0) is 5.53 Å². The minimum Gasteiger partial charge on any atom is -0.396 e. The van der Waals surface area contributed by atoms with Gasteiger partial charge in [-0.1, -0.05) is 5.11 Å². The van der Waals surface area contributed by atoms with E-state index in [1.807, 2.05) is 0 Å². The zero-order chi connectivity index (χ0) is 8.74. The van der Waals surface area contributed by atoms with Crippen LogP contribution in [0.3, 0.4) is 0 Å². The molecule has 11 heavy (non-hydrogen) atoms. The van der Waals surface area contributed by atoms with Crippen LogP contribution in [0.4, 0.5) is 0 Å². The number of aliphatic hydroxyl groups is 3. The first-order chi connectivity index (χ1) is 5.24. The summed E-state index contributed by atoms with van der Waals surface area (Å²) in [5.41, 5.74) is 6.85. The molecule has 0 saturated carbocycles. The summed E-state index contributed by atoms with van der Waals surface area (Å²) < 4.78 is 0. The van der Waals surface area contributed by atoms with Gasteiger partial charge in [-0.25, -0.2) is 0 Å². The smallest absolute Gasteiger partial charge is 0.0532 e. The lowest BCUT2D eigenvalue weighted by molar-refractivity contribution is 0.0127. The van der Waals surface area contributed by atoms with Gasteiger partial charge >= 0.3 is 0 Å². The van der Waals surface area contributed by atoms with Crippen LogP contribution in [0.25, 0.3) is 10.4 Å². The van der Waals surface area contributed by atoms with Crippen LogP contribution in [-0.4, -0.2) is 41.7 Å². The molecule has 6 heteroatoms. The molecule has 0 heterocycles. The van der Waals surface area contributed by atoms with Gasteiger partial charge in [0.25, 0.3) is 0 Å². The molecule has 64 valence electrons. The molecule has 0 aromatic carbocycles. The summed E-state index contributed by atoms with van der Waals surface area (Å²) in [4.78, 5) is 2.46. The van der Waals surface area contributed by atoms with Crippen LogP contribution in [0, 0.1) is 5.41 Å². The van der Waals surface area contributed by atoms with Crippen molar-refractivity contribution >= 4 is 0 Å². The van der Waals surface area contributed by atoms with Gasteiger partial charge in [-0.2, -0.15) is 0 Å². The molecule has 0 bridgehead atoms. The van der Waals surface area contributed by atoms with E-state index < -0.39 is 25.2 Å². The molecule has 0 radical (unpaired) electrons. The first kappa shape index (κ1) is 10.2. The number of aliphatic hydroxyl groups excluding tert-OH is 3. The monoisotopic (exact) mass is 161 g/mol. The second-order valence-electron chi connectivity index (χ2n) is 2.36. The van der Waals surface area contributed by atoms with Crippen LogP contribution in [-0.2, 0) is 0 Å². The van der Waals surface area contributed by atoms with Crippen molar-refractivity contribution in [3.05, 3.63) is 10.4 Å². The summed E-state index contributed by atoms with van der Waals surface area (Å²) in [6, 6.07) is 0. The predicted octanol–water partition coefficient (Wildman–Crippen LogP) is -0.740. The van der Waals surface area contributed by atoms with Crippen LogP contribution in [0.15, 0.2) is 5.11 Å². The van der Waals surface area contributed by atoms with Crippen LogP contribution in [0.2, 0.25) is 0 Å². The van der Waals surface area contributed by atoms with Crippen molar-refractivity contribution in [1.82, 2.24) is 0 Å². The molecule has 0 spiro atoms.